The topological polar surface area (TPSA) is 45.5 Å². The van der Waals surface area contributed by atoms with Crippen LogP contribution in [0.25, 0.3) is 0 Å². The molecule has 1 aromatic rings. The molecule has 1 N–H and O–H groups in total. The highest BCUT2D eigenvalue weighted by molar-refractivity contribution is 5.94. The highest BCUT2D eigenvalue weighted by atomic mass is 16.3. The average Bonchev–Trinajstić information content (AvgIpc) is 2.64. The zero-order valence-electron chi connectivity index (χ0n) is 9.12. The lowest BCUT2D eigenvalue weighted by Crippen LogP contribution is -2.51. The molecule has 0 aromatic carbocycles. The van der Waals surface area contributed by atoms with Crippen LogP contribution >= 0.6 is 0 Å². The maximum Gasteiger partial charge on any atom is 0.257 e. The summed E-state index contributed by atoms with van der Waals surface area (Å²) in [7, 11) is 0. The number of piperazine rings is 1. The Kier molecular flexibility index (Phi) is 2.77. The molecule has 82 valence electrons. The fraction of sp³-hybridized carbons (Fsp3) is 0.545. The van der Waals surface area contributed by atoms with Crippen LogP contribution in [0.3, 0.4) is 0 Å². The summed E-state index contributed by atoms with van der Waals surface area (Å²) in [5.74, 6) is 0.849. The number of nitrogens with zero attached hydrogens (tertiary/aromatic N) is 1. The van der Waals surface area contributed by atoms with E-state index in [1.54, 1.807) is 6.07 Å². The number of aryl methyl sites for hydroxylation is 1. The van der Waals surface area contributed by atoms with Gasteiger partial charge in [0.15, 0.2) is 0 Å². The molecule has 0 aliphatic carbocycles. The number of carbonyl (C=O) groups is 1. The van der Waals surface area contributed by atoms with Gasteiger partial charge in [-0.2, -0.15) is 0 Å². The lowest BCUT2D eigenvalue weighted by atomic mass is 10.2. The summed E-state index contributed by atoms with van der Waals surface area (Å²) in [6, 6.07) is 2.16. The Morgan fingerprint density at radius 3 is 3.07 bits per heavy atom. The van der Waals surface area contributed by atoms with E-state index < -0.39 is 0 Å². The fourth-order valence-electron chi connectivity index (χ4n) is 1.85. The van der Waals surface area contributed by atoms with Crippen molar-refractivity contribution in [1.29, 1.82) is 0 Å². The summed E-state index contributed by atoms with van der Waals surface area (Å²) in [6.07, 6.45) is 1.53. The van der Waals surface area contributed by atoms with E-state index in [1.807, 2.05) is 11.8 Å². The third-order valence-corrected chi connectivity index (χ3v) is 2.63. The van der Waals surface area contributed by atoms with Crippen LogP contribution in [0.1, 0.15) is 23.0 Å². The largest absolute Gasteiger partial charge is 0.469 e. The van der Waals surface area contributed by atoms with Crippen LogP contribution in [0.15, 0.2) is 16.7 Å². The number of hydrogen-bond donors (Lipinski definition) is 1. The molecule has 0 bridgehead atoms. The van der Waals surface area contributed by atoms with Crippen LogP contribution in [0.5, 0.6) is 0 Å². The van der Waals surface area contributed by atoms with E-state index in [9.17, 15) is 4.79 Å². The molecule has 1 amide bonds. The van der Waals surface area contributed by atoms with Crippen molar-refractivity contribution in [1.82, 2.24) is 10.2 Å². The smallest absolute Gasteiger partial charge is 0.257 e. The molecule has 0 radical (unpaired) electrons. The van der Waals surface area contributed by atoms with Gasteiger partial charge in [0.2, 0.25) is 0 Å². The summed E-state index contributed by atoms with van der Waals surface area (Å²) in [4.78, 5) is 13.9. The maximum absolute atomic E-state index is 12.0. The number of nitrogens with one attached hydrogen (secondary N) is 1. The second-order valence-electron chi connectivity index (χ2n) is 4.05. The van der Waals surface area contributed by atoms with Crippen molar-refractivity contribution >= 4 is 5.91 Å². The second-order valence-corrected chi connectivity index (χ2v) is 4.05. The number of amides is 1. The van der Waals surface area contributed by atoms with Gasteiger partial charge in [0.1, 0.15) is 12.0 Å². The third-order valence-electron chi connectivity index (χ3n) is 2.63. The minimum absolute atomic E-state index is 0.0696. The first kappa shape index (κ1) is 10.2. The predicted octanol–water partition coefficient (Wildman–Crippen LogP) is 1.02. The molecular formula is C11H16N2O2. The summed E-state index contributed by atoms with van der Waals surface area (Å²) in [6.45, 7) is 6.33. The molecule has 1 fully saturated rings. The van der Waals surface area contributed by atoms with E-state index in [-0.39, 0.29) is 5.91 Å². The Hall–Kier alpha value is -1.29. The Morgan fingerprint density at radius 1 is 1.67 bits per heavy atom. The Balaban J connectivity index is 2.07. The first-order valence-electron chi connectivity index (χ1n) is 5.24. The third kappa shape index (κ3) is 2.21. The quantitative estimate of drug-likeness (QED) is 0.749. The van der Waals surface area contributed by atoms with Crippen LogP contribution in [-0.4, -0.2) is 36.5 Å². The lowest BCUT2D eigenvalue weighted by Gasteiger charge is -2.31. The first-order valence-corrected chi connectivity index (χ1v) is 5.24. The summed E-state index contributed by atoms with van der Waals surface area (Å²) < 4.78 is 5.14. The van der Waals surface area contributed by atoms with Gasteiger partial charge in [0, 0.05) is 25.7 Å². The van der Waals surface area contributed by atoms with E-state index in [4.69, 9.17) is 4.42 Å². The molecule has 1 atom stereocenters. The van der Waals surface area contributed by atoms with Crippen molar-refractivity contribution < 1.29 is 9.21 Å². The fourth-order valence-corrected chi connectivity index (χ4v) is 1.85. The molecule has 4 heteroatoms. The summed E-state index contributed by atoms with van der Waals surface area (Å²) in [5.41, 5.74) is 0.654. The van der Waals surface area contributed by atoms with Crippen LogP contribution in [-0.2, 0) is 0 Å². The maximum atomic E-state index is 12.0. The van der Waals surface area contributed by atoms with Gasteiger partial charge in [0.05, 0.1) is 5.56 Å². The normalized spacial score (nSPS) is 21.7. The van der Waals surface area contributed by atoms with Gasteiger partial charge in [-0.15, -0.1) is 0 Å². The second kappa shape index (κ2) is 4.06. The molecular weight excluding hydrogens is 192 g/mol. The molecule has 15 heavy (non-hydrogen) atoms. The molecule has 1 aliphatic heterocycles. The van der Waals surface area contributed by atoms with Crippen LogP contribution in [0.4, 0.5) is 0 Å². The molecule has 0 unspecified atom stereocenters. The molecule has 2 heterocycles. The Morgan fingerprint density at radius 2 is 2.47 bits per heavy atom. The molecule has 1 saturated heterocycles. The van der Waals surface area contributed by atoms with Crippen molar-refractivity contribution in [3.63, 3.8) is 0 Å². The average molecular weight is 208 g/mol. The van der Waals surface area contributed by atoms with Gasteiger partial charge < -0.3 is 14.6 Å². The van der Waals surface area contributed by atoms with Gasteiger partial charge in [-0.3, -0.25) is 4.79 Å². The zero-order chi connectivity index (χ0) is 10.8. The van der Waals surface area contributed by atoms with E-state index in [0.29, 0.717) is 11.6 Å². The molecule has 4 nitrogen and oxygen atoms in total. The number of hydrogen-bond acceptors (Lipinski definition) is 3. The van der Waals surface area contributed by atoms with Gasteiger partial charge in [-0.05, 0) is 19.9 Å². The lowest BCUT2D eigenvalue weighted by molar-refractivity contribution is 0.0708. The van der Waals surface area contributed by atoms with Crippen molar-refractivity contribution in [2.45, 2.75) is 19.9 Å². The zero-order valence-corrected chi connectivity index (χ0v) is 9.12. The van der Waals surface area contributed by atoms with Crippen molar-refractivity contribution in [2.24, 2.45) is 0 Å². The van der Waals surface area contributed by atoms with Gasteiger partial charge in [-0.1, -0.05) is 0 Å². The standard InChI is InChI=1S/C11H16N2O2/c1-8-6-13(4-3-12-8)11(14)10-5-9(2)15-7-10/h5,7-8,12H,3-4,6H2,1-2H3/t8-/m1/s1. The monoisotopic (exact) mass is 208 g/mol. The number of carbonyl (C=O) groups excluding carboxylic acids is 1. The molecule has 0 spiro atoms. The number of rotatable bonds is 1. The minimum Gasteiger partial charge on any atom is -0.469 e. The van der Waals surface area contributed by atoms with Crippen molar-refractivity contribution in [3.05, 3.63) is 23.7 Å². The van der Waals surface area contributed by atoms with E-state index in [1.165, 1.54) is 6.26 Å². The van der Waals surface area contributed by atoms with Crippen LogP contribution in [0.2, 0.25) is 0 Å². The van der Waals surface area contributed by atoms with Crippen molar-refractivity contribution in [3.8, 4) is 0 Å². The van der Waals surface area contributed by atoms with Gasteiger partial charge in [-0.25, -0.2) is 0 Å². The predicted molar refractivity (Wildman–Crippen MR) is 56.8 cm³/mol. The Bertz CT molecular complexity index is 359. The van der Waals surface area contributed by atoms with Crippen molar-refractivity contribution in [2.75, 3.05) is 19.6 Å². The molecule has 2 rings (SSSR count). The van der Waals surface area contributed by atoms with Crippen LogP contribution in [0, 0.1) is 6.92 Å². The van der Waals surface area contributed by atoms with Gasteiger partial charge in [0.25, 0.3) is 5.91 Å². The molecule has 0 saturated carbocycles. The summed E-state index contributed by atoms with van der Waals surface area (Å²) >= 11 is 0. The number of furan rings is 1. The first-order chi connectivity index (χ1) is 7.16. The summed E-state index contributed by atoms with van der Waals surface area (Å²) in [5, 5.41) is 3.31. The van der Waals surface area contributed by atoms with E-state index >= 15 is 0 Å². The van der Waals surface area contributed by atoms with E-state index in [0.717, 1.165) is 25.4 Å². The van der Waals surface area contributed by atoms with Gasteiger partial charge >= 0.3 is 0 Å². The highest BCUT2D eigenvalue weighted by Gasteiger charge is 2.22. The Labute approximate surface area is 89.2 Å². The highest BCUT2D eigenvalue weighted by Crippen LogP contribution is 2.11. The van der Waals surface area contributed by atoms with E-state index in [2.05, 4.69) is 12.2 Å². The van der Waals surface area contributed by atoms with Crippen LogP contribution < -0.4 is 5.32 Å². The molecule has 1 aromatic heterocycles. The SMILES string of the molecule is Cc1cc(C(=O)N2CCN[C@H](C)C2)co1. The minimum atomic E-state index is 0.0696. The molecule has 1 aliphatic rings.